The second-order valence-electron chi connectivity index (χ2n) is 1.94. The van der Waals surface area contributed by atoms with E-state index in [4.69, 9.17) is 9.11 Å². The summed E-state index contributed by atoms with van der Waals surface area (Å²) < 4.78 is 120. The molecule has 16 nitrogen and oxygen atoms in total. The van der Waals surface area contributed by atoms with Crippen LogP contribution in [-0.4, -0.2) is 89.6 Å². The Hall–Kier alpha value is 0.740. The maximum atomic E-state index is 9.48. The van der Waals surface area contributed by atoms with Gasteiger partial charge in [-0.2, -0.15) is 16.8 Å². The largest absolute Gasteiger partial charge is 2.00 e. The van der Waals surface area contributed by atoms with Gasteiger partial charge in [0, 0.05) is 0 Å². The molecular formula is H2CaO16S4. The van der Waals surface area contributed by atoms with Gasteiger partial charge in [0.2, 0.25) is 20.8 Å². The first-order valence-electron chi connectivity index (χ1n) is 3.03. The van der Waals surface area contributed by atoms with E-state index in [0.29, 0.717) is 0 Å². The van der Waals surface area contributed by atoms with E-state index in [0.717, 1.165) is 0 Å². The smallest absolute Gasteiger partial charge is 0.724 e. The molecule has 0 aromatic rings. The van der Waals surface area contributed by atoms with Crippen LogP contribution in [0.5, 0.6) is 0 Å². The van der Waals surface area contributed by atoms with Gasteiger partial charge >= 0.3 is 58.5 Å². The van der Waals surface area contributed by atoms with Crippen molar-refractivity contribution in [1.29, 1.82) is 0 Å². The molecule has 0 aromatic carbocycles. The second-order valence-corrected chi connectivity index (χ2v) is 5.83. The van der Waals surface area contributed by atoms with Gasteiger partial charge in [-0.05, 0) is 0 Å². The van der Waals surface area contributed by atoms with Gasteiger partial charge < -0.3 is 9.11 Å². The maximum absolute atomic E-state index is 9.48. The van der Waals surface area contributed by atoms with Crippen molar-refractivity contribution >= 4 is 79.3 Å². The topological polar surface area (TPSA) is 260 Å². The number of hydrogen-bond donors (Lipinski definition) is 2. The van der Waals surface area contributed by atoms with Crippen molar-refractivity contribution in [3.8, 4) is 0 Å². The van der Waals surface area contributed by atoms with Gasteiger partial charge in [0.25, 0.3) is 0 Å². The van der Waals surface area contributed by atoms with E-state index >= 15 is 0 Å². The van der Waals surface area contributed by atoms with Crippen LogP contribution in [0, 0.1) is 0 Å². The van der Waals surface area contributed by atoms with Gasteiger partial charge in [-0.1, -0.05) is 17.3 Å². The molecule has 0 spiro atoms. The molecule has 0 amide bonds. The summed E-state index contributed by atoms with van der Waals surface area (Å²) in [5, 5.41) is 0. The summed E-state index contributed by atoms with van der Waals surface area (Å²) in [7, 11) is -20.7. The number of hydrogen-bond acceptors (Lipinski definition) is 14. The van der Waals surface area contributed by atoms with Crippen molar-refractivity contribution in [3.63, 3.8) is 0 Å². The monoisotopic (exact) mass is 426 g/mol. The van der Waals surface area contributed by atoms with Crippen molar-refractivity contribution in [2.45, 2.75) is 0 Å². The molecule has 2 N–H and O–H groups in total. The fourth-order valence-corrected chi connectivity index (χ4v) is 1.24. The molecule has 0 radical (unpaired) electrons. The molecule has 0 saturated carbocycles. The third kappa shape index (κ3) is 33.5. The van der Waals surface area contributed by atoms with E-state index in [-0.39, 0.29) is 37.7 Å². The van der Waals surface area contributed by atoms with Crippen LogP contribution in [0.4, 0.5) is 0 Å². The Morgan fingerprint density at radius 1 is 0.571 bits per heavy atom. The van der Waals surface area contributed by atoms with Gasteiger partial charge in [-0.25, -0.2) is 16.8 Å². The Balaban J connectivity index is -0.000000295. The average Bonchev–Trinajstić information content (AvgIpc) is 2.09. The van der Waals surface area contributed by atoms with Gasteiger partial charge in [0.15, 0.2) is 0 Å². The first-order chi connectivity index (χ1) is 8.41. The second kappa shape index (κ2) is 9.78. The predicted molar refractivity (Wildman–Crippen MR) is 52.6 cm³/mol. The van der Waals surface area contributed by atoms with Crippen LogP contribution in [0.1, 0.15) is 0 Å². The fraction of sp³-hybridized carbons (Fsp3) is 0. The van der Waals surface area contributed by atoms with Crippen LogP contribution in [0.3, 0.4) is 0 Å². The van der Waals surface area contributed by atoms with Crippen LogP contribution in [0.2, 0.25) is 0 Å². The van der Waals surface area contributed by atoms with E-state index in [9.17, 15) is 42.8 Å². The Labute approximate surface area is 147 Å². The predicted octanol–water partition coefficient (Wildman–Crippen LogP) is -3.99. The normalized spacial score (nSPS) is 12.8. The molecule has 0 aromatic heterocycles. The van der Waals surface area contributed by atoms with Crippen LogP contribution >= 0.6 is 0 Å². The molecule has 0 atom stereocenters. The van der Waals surface area contributed by atoms with E-state index in [1.807, 2.05) is 0 Å². The summed E-state index contributed by atoms with van der Waals surface area (Å²) in [6, 6.07) is 0. The molecule has 0 saturated heterocycles. The molecule has 0 aliphatic heterocycles. The van der Waals surface area contributed by atoms with Crippen molar-refractivity contribution in [1.82, 2.24) is 0 Å². The molecule has 0 aliphatic rings. The molecule has 0 heterocycles. The van der Waals surface area contributed by atoms with Crippen LogP contribution in [0.15, 0.2) is 0 Å². The Morgan fingerprint density at radius 2 is 0.762 bits per heavy atom. The van der Waals surface area contributed by atoms with Crippen molar-refractivity contribution < 1.29 is 69.2 Å². The maximum Gasteiger partial charge on any atom is 2.00 e. The Bertz CT molecular complexity index is 556. The molecule has 21 heteroatoms. The average molecular weight is 426 g/mol. The van der Waals surface area contributed by atoms with Crippen molar-refractivity contribution in [3.05, 3.63) is 0 Å². The Kier molecular flexibility index (Phi) is 12.4. The fourth-order valence-electron chi connectivity index (χ4n) is 0.138. The zero-order valence-corrected chi connectivity index (χ0v) is 14.4. The van der Waals surface area contributed by atoms with E-state index in [1.165, 1.54) is 0 Å². The minimum Gasteiger partial charge on any atom is -0.724 e. The van der Waals surface area contributed by atoms with Crippen molar-refractivity contribution in [2.24, 2.45) is 0 Å². The van der Waals surface area contributed by atoms with E-state index in [1.54, 1.807) is 0 Å². The number of rotatable bonds is 6. The summed E-state index contributed by atoms with van der Waals surface area (Å²) in [5.74, 6) is 0. The molecule has 0 fully saturated rings. The van der Waals surface area contributed by atoms with Crippen LogP contribution < -0.4 is 0 Å². The third-order valence-electron chi connectivity index (χ3n) is 0.394. The summed E-state index contributed by atoms with van der Waals surface area (Å²) in [6.07, 6.45) is 0. The molecule has 21 heavy (non-hydrogen) atoms. The quantitative estimate of drug-likeness (QED) is 0.135. The zero-order chi connectivity index (χ0) is 16.8. The summed E-state index contributed by atoms with van der Waals surface area (Å²) in [4.78, 5) is 0. The SMILES string of the molecule is O=S(=O)([O-])OOS(=O)(=O)O.O=S(=O)([O-])OOS(=O)(=O)O.[Ca+2]. The van der Waals surface area contributed by atoms with Gasteiger partial charge in [0.05, 0.1) is 0 Å². The van der Waals surface area contributed by atoms with Crippen LogP contribution in [0.25, 0.3) is 0 Å². The van der Waals surface area contributed by atoms with Gasteiger partial charge in [-0.15, -0.1) is 0 Å². The van der Waals surface area contributed by atoms with Crippen molar-refractivity contribution in [2.75, 3.05) is 0 Å². The third-order valence-corrected chi connectivity index (χ3v) is 1.52. The molecule has 0 unspecified atom stereocenters. The van der Waals surface area contributed by atoms with E-state index in [2.05, 4.69) is 17.3 Å². The molecule has 0 aliphatic carbocycles. The van der Waals surface area contributed by atoms with E-state index < -0.39 is 41.6 Å². The molecular weight excluding hydrogens is 424 g/mol. The Morgan fingerprint density at radius 3 is 0.810 bits per heavy atom. The summed E-state index contributed by atoms with van der Waals surface area (Å²) in [5.41, 5.74) is 0. The molecule has 0 rings (SSSR count). The van der Waals surface area contributed by atoms with Gasteiger partial charge in [-0.3, -0.25) is 9.11 Å². The minimum atomic E-state index is -5.27. The first-order valence-corrected chi connectivity index (χ1v) is 8.43. The molecule has 0 bridgehead atoms. The first kappa shape index (κ1) is 26.6. The standard InChI is InChI=1S/Ca.2H2O8S2/c;2*1-9(2,3)7-8-10(4,5)6/h;2*(H,1,2,3)(H,4,5,6)/q+2;;/p-2. The van der Waals surface area contributed by atoms with Crippen LogP contribution in [-0.2, 0) is 58.9 Å². The summed E-state index contributed by atoms with van der Waals surface area (Å²) in [6.45, 7) is 0. The summed E-state index contributed by atoms with van der Waals surface area (Å²) >= 11 is 0. The molecule has 124 valence electrons. The zero-order valence-electron chi connectivity index (χ0n) is 8.95. The van der Waals surface area contributed by atoms with Gasteiger partial charge in [0.1, 0.15) is 0 Å². The minimum absolute atomic E-state index is 0.